The van der Waals surface area contributed by atoms with Crippen LogP contribution in [0.2, 0.25) is 0 Å². The molecule has 1 saturated heterocycles. The van der Waals surface area contributed by atoms with Crippen LogP contribution in [-0.2, 0) is 11.3 Å². The lowest BCUT2D eigenvalue weighted by molar-refractivity contribution is -0.115. The zero-order valence-corrected chi connectivity index (χ0v) is 8.80. The second-order valence-electron chi connectivity index (χ2n) is 4.09. The summed E-state index contributed by atoms with van der Waals surface area (Å²) in [5, 5.41) is 8.73. The van der Waals surface area contributed by atoms with Crippen molar-refractivity contribution in [1.29, 1.82) is 0 Å². The number of hydrogen-bond acceptors (Lipinski definition) is 3. The minimum Gasteiger partial charge on any atom is -0.478 e. The van der Waals surface area contributed by atoms with Gasteiger partial charge in [0.2, 0.25) is 0 Å². The van der Waals surface area contributed by atoms with Crippen molar-refractivity contribution in [2.45, 2.75) is 6.54 Å². The molecule has 2 rings (SSSR count). The van der Waals surface area contributed by atoms with Gasteiger partial charge < -0.3 is 9.90 Å². The van der Waals surface area contributed by atoms with Gasteiger partial charge in [-0.3, -0.25) is 4.90 Å². The van der Waals surface area contributed by atoms with Crippen LogP contribution >= 0.6 is 0 Å². The van der Waals surface area contributed by atoms with E-state index in [2.05, 4.69) is 4.90 Å². The number of carbonyl (C=O) groups excluding carboxylic acids is 1. The molecule has 0 aliphatic carbocycles. The Labute approximate surface area is 93.5 Å². The van der Waals surface area contributed by atoms with Crippen molar-refractivity contribution in [2.75, 3.05) is 13.1 Å². The maximum absolute atomic E-state index is 10.6. The molecule has 1 heterocycles. The average Bonchev–Trinajstić information content (AvgIpc) is 2.23. The highest BCUT2D eigenvalue weighted by molar-refractivity contribution is 5.87. The predicted octanol–water partition coefficient (Wildman–Crippen LogP) is 1.02. The van der Waals surface area contributed by atoms with Gasteiger partial charge in [0, 0.05) is 25.6 Å². The molecule has 4 heteroatoms. The van der Waals surface area contributed by atoms with E-state index in [1.807, 2.05) is 12.1 Å². The van der Waals surface area contributed by atoms with Crippen molar-refractivity contribution in [2.24, 2.45) is 5.92 Å². The Bertz CT molecular complexity index is 393. The Morgan fingerprint density at radius 2 is 2.00 bits per heavy atom. The zero-order valence-electron chi connectivity index (χ0n) is 8.80. The number of rotatable bonds is 4. The summed E-state index contributed by atoms with van der Waals surface area (Å²) in [5.41, 5.74) is 1.38. The molecule has 0 bridgehead atoms. The summed E-state index contributed by atoms with van der Waals surface area (Å²) >= 11 is 0. The smallest absolute Gasteiger partial charge is 0.335 e. The SMILES string of the molecule is O=CC1CN(Cc2ccc(C(=O)O)cc2)C1. The molecule has 1 aromatic carbocycles. The van der Waals surface area contributed by atoms with Crippen LogP contribution in [-0.4, -0.2) is 35.4 Å². The molecule has 84 valence electrons. The maximum atomic E-state index is 10.6. The first-order valence-corrected chi connectivity index (χ1v) is 5.19. The molecule has 0 spiro atoms. The van der Waals surface area contributed by atoms with E-state index in [0.29, 0.717) is 5.56 Å². The molecular weight excluding hydrogens is 206 g/mol. The topological polar surface area (TPSA) is 57.6 Å². The number of likely N-dealkylation sites (tertiary alicyclic amines) is 1. The van der Waals surface area contributed by atoms with Crippen molar-refractivity contribution in [3.05, 3.63) is 35.4 Å². The van der Waals surface area contributed by atoms with E-state index in [-0.39, 0.29) is 5.92 Å². The van der Waals surface area contributed by atoms with Crippen LogP contribution < -0.4 is 0 Å². The van der Waals surface area contributed by atoms with Crippen LogP contribution in [0.25, 0.3) is 0 Å². The fourth-order valence-corrected chi connectivity index (χ4v) is 1.84. The Balaban J connectivity index is 1.91. The fraction of sp³-hybridized carbons (Fsp3) is 0.333. The van der Waals surface area contributed by atoms with Gasteiger partial charge in [0.15, 0.2) is 0 Å². The molecule has 0 saturated carbocycles. The lowest BCUT2D eigenvalue weighted by atomic mass is 10.0. The summed E-state index contributed by atoms with van der Waals surface area (Å²) in [5.74, 6) is -0.727. The Morgan fingerprint density at radius 3 is 2.50 bits per heavy atom. The summed E-state index contributed by atoms with van der Waals surface area (Å²) in [6.45, 7) is 2.40. The third-order valence-corrected chi connectivity index (χ3v) is 2.78. The molecule has 0 radical (unpaired) electrons. The van der Waals surface area contributed by atoms with Crippen molar-refractivity contribution in [1.82, 2.24) is 4.90 Å². The van der Waals surface area contributed by atoms with Gasteiger partial charge in [-0.25, -0.2) is 4.79 Å². The van der Waals surface area contributed by atoms with Gasteiger partial charge >= 0.3 is 5.97 Å². The first-order valence-electron chi connectivity index (χ1n) is 5.19. The van der Waals surface area contributed by atoms with Gasteiger partial charge in [-0.15, -0.1) is 0 Å². The van der Waals surface area contributed by atoms with Gasteiger partial charge in [0.1, 0.15) is 6.29 Å². The number of aldehydes is 1. The highest BCUT2D eigenvalue weighted by Gasteiger charge is 2.25. The highest BCUT2D eigenvalue weighted by Crippen LogP contribution is 2.17. The van der Waals surface area contributed by atoms with Crippen molar-refractivity contribution < 1.29 is 14.7 Å². The fourth-order valence-electron chi connectivity index (χ4n) is 1.84. The van der Waals surface area contributed by atoms with E-state index in [4.69, 9.17) is 5.11 Å². The minimum atomic E-state index is -0.906. The van der Waals surface area contributed by atoms with Gasteiger partial charge in [-0.05, 0) is 17.7 Å². The lowest BCUT2D eigenvalue weighted by Crippen LogP contribution is -2.46. The molecule has 0 amide bonds. The molecule has 0 atom stereocenters. The Kier molecular flexibility index (Phi) is 3.01. The number of aromatic carboxylic acids is 1. The van der Waals surface area contributed by atoms with Crippen LogP contribution in [0.1, 0.15) is 15.9 Å². The van der Waals surface area contributed by atoms with Crippen LogP contribution in [0.4, 0.5) is 0 Å². The first-order chi connectivity index (χ1) is 7.69. The number of hydrogen-bond donors (Lipinski definition) is 1. The molecule has 1 aliphatic heterocycles. The van der Waals surface area contributed by atoms with Gasteiger partial charge in [-0.1, -0.05) is 12.1 Å². The van der Waals surface area contributed by atoms with E-state index in [1.165, 1.54) is 0 Å². The van der Waals surface area contributed by atoms with E-state index in [0.717, 1.165) is 31.5 Å². The molecular formula is C12H13NO3. The molecule has 0 unspecified atom stereocenters. The monoisotopic (exact) mass is 219 g/mol. The van der Waals surface area contributed by atoms with Gasteiger partial charge in [0.05, 0.1) is 5.56 Å². The number of carboxylic acid groups (broad SMARTS) is 1. The standard InChI is InChI=1S/C12H13NO3/c14-8-10-6-13(7-10)5-9-1-3-11(4-2-9)12(15)16/h1-4,8,10H,5-7H2,(H,15,16). The van der Waals surface area contributed by atoms with Crippen molar-refractivity contribution >= 4 is 12.3 Å². The van der Waals surface area contributed by atoms with Crippen LogP contribution in [0.3, 0.4) is 0 Å². The van der Waals surface area contributed by atoms with E-state index >= 15 is 0 Å². The summed E-state index contributed by atoms with van der Waals surface area (Å²) in [7, 11) is 0. The molecule has 1 aromatic rings. The molecule has 4 nitrogen and oxygen atoms in total. The van der Waals surface area contributed by atoms with E-state index < -0.39 is 5.97 Å². The number of carboxylic acids is 1. The second kappa shape index (κ2) is 4.45. The largest absolute Gasteiger partial charge is 0.478 e. The van der Waals surface area contributed by atoms with Gasteiger partial charge in [-0.2, -0.15) is 0 Å². The minimum absolute atomic E-state index is 0.179. The summed E-state index contributed by atoms with van der Waals surface area (Å²) < 4.78 is 0. The summed E-state index contributed by atoms with van der Waals surface area (Å²) in [4.78, 5) is 23.2. The molecule has 16 heavy (non-hydrogen) atoms. The molecule has 1 fully saturated rings. The number of benzene rings is 1. The summed E-state index contributed by atoms with van der Waals surface area (Å²) in [6.07, 6.45) is 0.990. The first kappa shape index (κ1) is 10.8. The zero-order chi connectivity index (χ0) is 11.5. The maximum Gasteiger partial charge on any atom is 0.335 e. The quantitative estimate of drug-likeness (QED) is 0.768. The van der Waals surface area contributed by atoms with Crippen LogP contribution in [0, 0.1) is 5.92 Å². The lowest BCUT2D eigenvalue weighted by Gasteiger charge is -2.36. The van der Waals surface area contributed by atoms with Crippen molar-refractivity contribution in [3.8, 4) is 0 Å². The number of carbonyl (C=O) groups is 2. The molecule has 0 aromatic heterocycles. The number of nitrogens with zero attached hydrogens (tertiary/aromatic N) is 1. The third-order valence-electron chi connectivity index (χ3n) is 2.78. The predicted molar refractivity (Wildman–Crippen MR) is 58.2 cm³/mol. The third kappa shape index (κ3) is 2.28. The van der Waals surface area contributed by atoms with Crippen LogP contribution in [0.15, 0.2) is 24.3 Å². The Hall–Kier alpha value is -1.68. The van der Waals surface area contributed by atoms with E-state index in [1.54, 1.807) is 12.1 Å². The Morgan fingerprint density at radius 1 is 1.38 bits per heavy atom. The van der Waals surface area contributed by atoms with Crippen molar-refractivity contribution in [3.63, 3.8) is 0 Å². The average molecular weight is 219 g/mol. The normalized spacial score (nSPS) is 16.8. The molecule has 1 N–H and O–H groups in total. The van der Waals surface area contributed by atoms with E-state index in [9.17, 15) is 9.59 Å². The van der Waals surface area contributed by atoms with Gasteiger partial charge in [0.25, 0.3) is 0 Å². The summed E-state index contributed by atoms with van der Waals surface area (Å²) in [6, 6.07) is 6.85. The molecule has 1 aliphatic rings. The van der Waals surface area contributed by atoms with Crippen LogP contribution in [0.5, 0.6) is 0 Å². The second-order valence-corrected chi connectivity index (χ2v) is 4.09. The highest BCUT2D eigenvalue weighted by atomic mass is 16.4.